The van der Waals surface area contributed by atoms with Crippen LogP contribution in [0.2, 0.25) is 0 Å². The van der Waals surface area contributed by atoms with Gasteiger partial charge in [-0.05, 0) is 43.2 Å². The van der Waals surface area contributed by atoms with Crippen LogP contribution >= 0.6 is 0 Å². The summed E-state index contributed by atoms with van der Waals surface area (Å²) in [5.74, 6) is -1.12. The Morgan fingerprint density at radius 1 is 1.25 bits per heavy atom. The first kappa shape index (κ1) is 16.3. The summed E-state index contributed by atoms with van der Waals surface area (Å²) in [6.45, 7) is 1.83. The average Bonchev–Trinajstić information content (AvgIpc) is 2.90. The van der Waals surface area contributed by atoms with Crippen molar-refractivity contribution < 1.29 is 23.1 Å². The van der Waals surface area contributed by atoms with Crippen LogP contribution in [0.25, 0.3) is 0 Å². The summed E-state index contributed by atoms with van der Waals surface area (Å²) in [6.07, 6.45) is 0.622. The van der Waals surface area contributed by atoms with Crippen LogP contribution in [-0.2, 0) is 16.4 Å². The Morgan fingerprint density at radius 3 is 2.62 bits per heavy atom. The Kier molecular flexibility index (Phi) is 3.96. The van der Waals surface area contributed by atoms with Crippen molar-refractivity contribution in [3.05, 3.63) is 53.6 Å². The summed E-state index contributed by atoms with van der Waals surface area (Å²) in [6, 6.07) is 11.0. The fraction of sp³-hybridized carbons (Fsp3) is 0.235. The van der Waals surface area contributed by atoms with Crippen molar-refractivity contribution in [2.24, 2.45) is 0 Å². The fourth-order valence-corrected chi connectivity index (χ4v) is 4.75. The van der Waals surface area contributed by atoms with Gasteiger partial charge in [0, 0.05) is 6.04 Å². The lowest BCUT2D eigenvalue weighted by atomic mass is 10.1. The normalized spacial score (nSPS) is 16.8. The summed E-state index contributed by atoms with van der Waals surface area (Å²) in [4.78, 5) is 11.3. The molecule has 3 rings (SSSR count). The number of fused-ring (bicyclic) bond motifs is 1. The molecule has 2 aromatic rings. The minimum absolute atomic E-state index is 0.0655. The highest BCUT2D eigenvalue weighted by atomic mass is 32.2. The van der Waals surface area contributed by atoms with E-state index in [1.807, 2.05) is 19.1 Å². The van der Waals surface area contributed by atoms with E-state index in [9.17, 15) is 18.3 Å². The Labute approximate surface area is 140 Å². The van der Waals surface area contributed by atoms with Gasteiger partial charge in [-0.1, -0.05) is 18.2 Å². The molecule has 1 atom stereocenters. The standard InChI is InChI=1S/C17H17NO5S/c1-11-9-12-5-3-4-6-15(12)18(11)24(21,22)13-7-8-16(23-2)14(10-13)17(19)20/h3-8,10-11H,9H2,1-2H3,(H,19,20). The molecular formula is C17H17NO5S. The topological polar surface area (TPSA) is 83.9 Å². The van der Waals surface area contributed by atoms with Crippen molar-refractivity contribution in [2.75, 3.05) is 11.4 Å². The number of sulfonamides is 1. The third-order valence-electron chi connectivity index (χ3n) is 4.10. The van der Waals surface area contributed by atoms with Crippen LogP contribution in [0.1, 0.15) is 22.8 Å². The highest BCUT2D eigenvalue weighted by Crippen LogP contribution is 2.37. The molecule has 1 heterocycles. The zero-order valence-electron chi connectivity index (χ0n) is 13.3. The number of anilines is 1. The molecule has 1 N–H and O–H groups in total. The molecule has 1 unspecified atom stereocenters. The molecule has 24 heavy (non-hydrogen) atoms. The molecule has 0 bridgehead atoms. The number of hydrogen-bond acceptors (Lipinski definition) is 4. The predicted molar refractivity (Wildman–Crippen MR) is 89.2 cm³/mol. The van der Waals surface area contributed by atoms with Crippen molar-refractivity contribution >= 4 is 21.7 Å². The van der Waals surface area contributed by atoms with Crippen LogP contribution in [0, 0.1) is 0 Å². The lowest BCUT2D eigenvalue weighted by molar-refractivity contribution is 0.0693. The number of aromatic carboxylic acids is 1. The minimum atomic E-state index is -3.87. The zero-order chi connectivity index (χ0) is 17.5. The summed E-state index contributed by atoms with van der Waals surface area (Å²) in [5, 5.41) is 9.27. The maximum Gasteiger partial charge on any atom is 0.339 e. The highest BCUT2D eigenvalue weighted by Gasteiger charge is 2.36. The van der Waals surface area contributed by atoms with Gasteiger partial charge in [0.05, 0.1) is 17.7 Å². The Bertz CT molecular complexity index is 907. The summed E-state index contributed by atoms with van der Waals surface area (Å²) < 4.78 is 32.5. The second-order valence-electron chi connectivity index (χ2n) is 5.65. The molecule has 1 aliphatic rings. The molecule has 0 aromatic heterocycles. The van der Waals surface area contributed by atoms with Gasteiger partial charge in [0.25, 0.3) is 10.0 Å². The van der Waals surface area contributed by atoms with Gasteiger partial charge in [-0.15, -0.1) is 0 Å². The van der Waals surface area contributed by atoms with E-state index in [2.05, 4.69) is 0 Å². The number of para-hydroxylation sites is 1. The predicted octanol–water partition coefficient (Wildman–Crippen LogP) is 2.53. The van der Waals surface area contributed by atoms with Gasteiger partial charge in [0.15, 0.2) is 0 Å². The molecular weight excluding hydrogens is 330 g/mol. The number of carboxylic acids is 1. The van der Waals surface area contributed by atoms with Crippen LogP contribution in [0.4, 0.5) is 5.69 Å². The third kappa shape index (κ3) is 2.50. The lowest BCUT2D eigenvalue weighted by Crippen LogP contribution is -2.35. The number of carboxylic acid groups (broad SMARTS) is 1. The average molecular weight is 347 g/mol. The summed E-state index contributed by atoms with van der Waals surface area (Å²) in [5.41, 5.74) is 1.41. The number of ether oxygens (including phenoxy) is 1. The minimum Gasteiger partial charge on any atom is -0.496 e. The first-order valence-corrected chi connectivity index (χ1v) is 8.84. The number of carbonyl (C=O) groups is 1. The molecule has 1 aliphatic heterocycles. The molecule has 0 aliphatic carbocycles. The van der Waals surface area contributed by atoms with E-state index in [1.54, 1.807) is 12.1 Å². The molecule has 2 aromatic carbocycles. The van der Waals surface area contributed by atoms with Crippen LogP contribution in [0.5, 0.6) is 5.75 Å². The van der Waals surface area contributed by atoms with Crippen LogP contribution in [0.15, 0.2) is 47.4 Å². The third-order valence-corrected chi connectivity index (χ3v) is 6.03. The van der Waals surface area contributed by atoms with Crippen LogP contribution < -0.4 is 9.04 Å². The van der Waals surface area contributed by atoms with Gasteiger partial charge >= 0.3 is 5.97 Å². The fourth-order valence-electron chi connectivity index (χ4n) is 3.03. The molecule has 7 heteroatoms. The second-order valence-corrected chi connectivity index (χ2v) is 7.46. The van der Waals surface area contributed by atoms with Crippen LogP contribution in [-0.4, -0.2) is 32.6 Å². The van der Waals surface area contributed by atoms with E-state index < -0.39 is 16.0 Å². The van der Waals surface area contributed by atoms with E-state index in [0.29, 0.717) is 12.1 Å². The summed E-state index contributed by atoms with van der Waals surface area (Å²) in [7, 11) is -2.53. The monoisotopic (exact) mass is 347 g/mol. The van der Waals surface area contributed by atoms with Crippen molar-refractivity contribution in [1.29, 1.82) is 0 Å². The first-order valence-electron chi connectivity index (χ1n) is 7.40. The van der Waals surface area contributed by atoms with E-state index in [1.165, 1.54) is 23.5 Å². The van der Waals surface area contributed by atoms with Gasteiger partial charge < -0.3 is 9.84 Å². The van der Waals surface area contributed by atoms with E-state index in [4.69, 9.17) is 4.74 Å². The maximum atomic E-state index is 13.1. The Balaban J connectivity index is 2.12. The molecule has 0 radical (unpaired) electrons. The lowest BCUT2D eigenvalue weighted by Gasteiger charge is -2.24. The number of benzene rings is 2. The molecule has 0 saturated carbocycles. The van der Waals surface area contributed by atoms with E-state index in [0.717, 1.165) is 11.6 Å². The molecule has 6 nitrogen and oxygen atoms in total. The second kappa shape index (κ2) is 5.83. The molecule has 0 fully saturated rings. The number of nitrogens with zero attached hydrogens (tertiary/aromatic N) is 1. The molecule has 0 spiro atoms. The number of rotatable bonds is 4. The van der Waals surface area contributed by atoms with Crippen molar-refractivity contribution in [1.82, 2.24) is 0 Å². The zero-order valence-corrected chi connectivity index (χ0v) is 14.1. The highest BCUT2D eigenvalue weighted by molar-refractivity contribution is 7.92. The van der Waals surface area contributed by atoms with Gasteiger partial charge in [0.2, 0.25) is 0 Å². The number of methoxy groups -OCH3 is 1. The number of hydrogen-bond donors (Lipinski definition) is 1. The smallest absolute Gasteiger partial charge is 0.339 e. The van der Waals surface area contributed by atoms with Gasteiger partial charge in [-0.3, -0.25) is 4.31 Å². The Morgan fingerprint density at radius 2 is 1.96 bits per heavy atom. The van der Waals surface area contributed by atoms with Gasteiger partial charge in [-0.25, -0.2) is 13.2 Å². The summed E-state index contributed by atoms with van der Waals surface area (Å²) >= 11 is 0. The van der Waals surface area contributed by atoms with Crippen molar-refractivity contribution in [3.63, 3.8) is 0 Å². The van der Waals surface area contributed by atoms with E-state index in [-0.39, 0.29) is 22.3 Å². The van der Waals surface area contributed by atoms with E-state index >= 15 is 0 Å². The first-order chi connectivity index (χ1) is 11.4. The molecule has 0 amide bonds. The van der Waals surface area contributed by atoms with Crippen LogP contribution in [0.3, 0.4) is 0 Å². The van der Waals surface area contributed by atoms with Crippen molar-refractivity contribution in [3.8, 4) is 5.75 Å². The van der Waals surface area contributed by atoms with Crippen molar-refractivity contribution in [2.45, 2.75) is 24.3 Å². The largest absolute Gasteiger partial charge is 0.496 e. The molecule has 0 saturated heterocycles. The Hall–Kier alpha value is -2.54. The van der Waals surface area contributed by atoms with Gasteiger partial charge in [-0.2, -0.15) is 0 Å². The SMILES string of the molecule is COc1ccc(S(=O)(=O)N2c3ccccc3CC2C)cc1C(=O)O. The molecule has 126 valence electrons. The quantitative estimate of drug-likeness (QED) is 0.919. The maximum absolute atomic E-state index is 13.1. The van der Waals surface area contributed by atoms with Gasteiger partial charge in [0.1, 0.15) is 11.3 Å².